The van der Waals surface area contributed by atoms with E-state index in [0.717, 1.165) is 17.4 Å². The smallest absolute Gasteiger partial charge is 0.254 e. The van der Waals surface area contributed by atoms with Crippen molar-refractivity contribution < 1.29 is 17.0 Å². The van der Waals surface area contributed by atoms with Crippen molar-refractivity contribution in [2.75, 3.05) is 5.33 Å². The number of halogens is 2. The molecule has 0 unspecified atom stereocenters. The number of hydrogen-bond donors (Lipinski definition) is 0. The number of rotatable bonds is 2. The van der Waals surface area contributed by atoms with Gasteiger partial charge in [0.05, 0.1) is 4.99 Å². The van der Waals surface area contributed by atoms with Crippen molar-refractivity contribution in [2.45, 2.75) is 6.42 Å². The molecular weight excluding hydrogens is 258 g/mol. The van der Waals surface area contributed by atoms with Crippen molar-refractivity contribution in [3.8, 4) is 0 Å². The number of allylic oxidation sites excluding steroid dienone is 4. The maximum absolute atomic E-state index is 4.14. The molecule has 55 valence electrons. The van der Waals surface area contributed by atoms with E-state index >= 15 is 0 Å². The van der Waals surface area contributed by atoms with Gasteiger partial charge in [-0.05, 0) is 6.08 Å². The lowest BCUT2D eigenvalue weighted by molar-refractivity contribution is -0.00000178. The summed E-state index contributed by atoms with van der Waals surface area (Å²) in [6, 6.07) is 0. The second kappa shape index (κ2) is 5.86. The highest BCUT2D eigenvalue weighted by molar-refractivity contribution is 9.09. The van der Waals surface area contributed by atoms with E-state index in [1.165, 1.54) is 0 Å². The van der Waals surface area contributed by atoms with Crippen LogP contribution in [0.4, 0.5) is 0 Å². The average molecular weight is 266 g/mol. The number of nitrogens with zero attached hydrogens (tertiary/aromatic N) is 1. The Morgan fingerprint density at radius 2 is 2.20 bits per heavy atom. The molecule has 0 spiro atoms. The largest absolute Gasteiger partial charge is 1.00 e. The van der Waals surface area contributed by atoms with E-state index < -0.39 is 0 Å². The van der Waals surface area contributed by atoms with Crippen molar-refractivity contribution in [2.24, 2.45) is 0 Å². The van der Waals surface area contributed by atoms with E-state index in [2.05, 4.69) is 20.9 Å². The minimum absolute atomic E-state index is 0. The van der Waals surface area contributed by atoms with E-state index in [1.807, 2.05) is 24.4 Å². The molecule has 10 heavy (non-hydrogen) atoms. The summed E-state index contributed by atoms with van der Waals surface area (Å²) < 4.78 is 0. The SMILES string of the molecule is BrCCC1=CC=CC=[N+]1.[Br-]. The first-order valence-electron chi connectivity index (χ1n) is 2.89. The Bertz CT molecular complexity index is 170. The molecular formula is C7H8Br2N. The lowest BCUT2D eigenvalue weighted by Gasteiger charge is -1.84. The van der Waals surface area contributed by atoms with E-state index in [1.54, 1.807) is 0 Å². The molecule has 0 atom stereocenters. The van der Waals surface area contributed by atoms with E-state index in [4.69, 9.17) is 0 Å². The second-order valence-electron chi connectivity index (χ2n) is 1.76. The van der Waals surface area contributed by atoms with Crippen molar-refractivity contribution in [1.29, 1.82) is 0 Å². The molecule has 1 rings (SSSR count). The molecule has 1 radical (unpaired) electrons. The summed E-state index contributed by atoms with van der Waals surface area (Å²) in [6.45, 7) is 0. The summed E-state index contributed by atoms with van der Waals surface area (Å²) >= 11 is 3.35. The van der Waals surface area contributed by atoms with Crippen LogP contribution in [0.25, 0.3) is 0 Å². The molecule has 1 nitrogen and oxygen atoms in total. The molecule has 0 aromatic carbocycles. The van der Waals surface area contributed by atoms with Crippen molar-refractivity contribution in [3.63, 3.8) is 0 Å². The quantitative estimate of drug-likeness (QED) is 0.548. The van der Waals surface area contributed by atoms with Crippen LogP contribution >= 0.6 is 15.9 Å². The molecule has 3 heteroatoms. The maximum atomic E-state index is 4.14. The summed E-state index contributed by atoms with van der Waals surface area (Å²) in [5, 5.41) is 0.990. The zero-order chi connectivity index (χ0) is 6.53. The minimum Gasteiger partial charge on any atom is -1.00 e. The van der Waals surface area contributed by atoms with Crippen molar-refractivity contribution >= 4 is 22.1 Å². The van der Waals surface area contributed by atoms with Gasteiger partial charge in [-0.15, -0.1) is 0 Å². The Morgan fingerprint density at radius 3 is 2.70 bits per heavy atom. The predicted octanol–water partition coefficient (Wildman–Crippen LogP) is -1.36. The zero-order valence-corrected chi connectivity index (χ0v) is 8.60. The highest BCUT2D eigenvalue weighted by Crippen LogP contribution is 2.01. The summed E-state index contributed by atoms with van der Waals surface area (Å²) in [5.74, 6) is 0. The molecule has 0 fully saturated rings. The van der Waals surface area contributed by atoms with Gasteiger partial charge in [-0.1, -0.05) is 15.9 Å². The summed E-state index contributed by atoms with van der Waals surface area (Å²) in [4.78, 5) is 4.14. The van der Waals surface area contributed by atoms with Gasteiger partial charge in [-0.3, -0.25) is 0 Å². The highest BCUT2D eigenvalue weighted by Gasteiger charge is 2.05. The fourth-order valence-corrected chi connectivity index (χ4v) is 1.05. The number of alkyl halides is 1. The molecule has 0 aliphatic carbocycles. The van der Waals surface area contributed by atoms with Crippen LogP contribution in [0.5, 0.6) is 0 Å². The molecule has 0 aromatic rings. The van der Waals surface area contributed by atoms with Gasteiger partial charge in [0.25, 0.3) is 5.70 Å². The molecule has 1 heterocycles. The van der Waals surface area contributed by atoms with Gasteiger partial charge < -0.3 is 17.0 Å². The minimum atomic E-state index is 0. The van der Waals surface area contributed by atoms with E-state index in [-0.39, 0.29) is 17.0 Å². The van der Waals surface area contributed by atoms with Gasteiger partial charge in [-0.25, -0.2) is 0 Å². The van der Waals surface area contributed by atoms with Gasteiger partial charge in [0, 0.05) is 23.9 Å². The zero-order valence-electron chi connectivity index (χ0n) is 5.43. The van der Waals surface area contributed by atoms with Crippen LogP contribution < -0.4 is 22.0 Å². The monoisotopic (exact) mass is 264 g/mol. The van der Waals surface area contributed by atoms with Crippen LogP contribution in [0.2, 0.25) is 0 Å². The van der Waals surface area contributed by atoms with Gasteiger partial charge in [0.1, 0.15) is 0 Å². The molecule has 0 aromatic heterocycles. The van der Waals surface area contributed by atoms with Crippen molar-refractivity contribution in [1.82, 2.24) is 4.99 Å². The molecule has 0 bridgehead atoms. The normalized spacial score (nSPS) is 14.3. The summed E-state index contributed by atoms with van der Waals surface area (Å²) in [7, 11) is 0. The second-order valence-corrected chi connectivity index (χ2v) is 2.55. The van der Waals surface area contributed by atoms with Crippen molar-refractivity contribution in [3.05, 3.63) is 23.9 Å². The van der Waals surface area contributed by atoms with Crippen LogP contribution in [0.15, 0.2) is 23.9 Å². The topological polar surface area (TPSA) is 14.1 Å². The lowest BCUT2D eigenvalue weighted by Crippen LogP contribution is -3.00. The van der Waals surface area contributed by atoms with Crippen LogP contribution in [0.1, 0.15) is 6.42 Å². The lowest BCUT2D eigenvalue weighted by atomic mass is 10.3. The third-order valence-electron chi connectivity index (χ3n) is 1.08. The molecule has 0 saturated carbocycles. The fraction of sp³-hybridized carbons (Fsp3) is 0.286. The first-order chi connectivity index (χ1) is 4.43. The van der Waals surface area contributed by atoms with Gasteiger partial charge in [-0.2, -0.15) is 0 Å². The molecule has 0 amide bonds. The maximum Gasteiger partial charge on any atom is 0.254 e. The number of hydrogen-bond acceptors (Lipinski definition) is 1. The Hall–Kier alpha value is 0.110. The first-order valence-corrected chi connectivity index (χ1v) is 4.01. The van der Waals surface area contributed by atoms with Crippen LogP contribution in [-0.4, -0.2) is 11.5 Å². The van der Waals surface area contributed by atoms with Crippen LogP contribution in [-0.2, 0) is 0 Å². The van der Waals surface area contributed by atoms with E-state index in [0.29, 0.717) is 0 Å². The third-order valence-corrected chi connectivity index (χ3v) is 1.47. The number of aliphatic imine (C=N–C) groups is 1. The summed E-state index contributed by atoms with van der Waals surface area (Å²) in [6.07, 6.45) is 8.79. The Labute approximate surface area is 79.8 Å². The van der Waals surface area contributed by atoms with Gasteiger partial charge in [0.2, 0.25) is 6.21 Å². The molecule has 0 N–H and O–H groups in total. The Balaban J connectivity index is 0.000000810. The Morgan fingerprint density at radius 1 is 1.40 bits per heavy atom. The van der Waals surface area contributed by atoms with E-state index in [9.17, 15) is 0 Å². The molecule has 0 saturated heterocycles. The van der Waals surface area contributed by atoms with Gasteiger partial charge in [0.15, 0.2) is 0 Å². The average Bonchev–Trinajstić information content (AvgIpc) is 1.91. The molecule has 1 aliphatic heterocycles. The molecule has 1 aliphatic rings. The van der Waals surface area contributed by atoms with Crippen LogP contribution in [0.3, 0.4) is 0 Å². The standard InChI is InChI=1S/C7H8BrN.BrH/c8-5-4-7-3-1-2-6-9-7;/h1-3,6H,4-5H2;1H/q+1;/p-1. The third kappa shape index (κ3) is 3.32. The highest BCUT2D eigenvalue weighted by atomic mass is 79.9. The van der Waals surface area contributed by atoms with Gasteiger partial charge >= 0.3 is 0 Å². The Kier molecular flexibility index (Phi) is 5.93. The first kappa shape index (κ1) is 10.1. The predicted molar refractivity (Wildman–Crippen MR) is 43.8 cm³/mol. The fourth-order valence-electron chi connectivity index (χ4n) is 0.643. The van der Waals surface area contributed by atoms with Crippen LogP contribution in [0, 0.1) is 0 Å². The summed E-state index contributed by atoms with van der Waals surface area (Å²) in [5.41, 5.74) is 1.15.